The van der Waals surface area contributed by atoms with Crippen LogP contribution in [0.25, 0.3) is 12.2 Å². The maximum absolute atomic E-state index is 12.3. The van der Waals surface area contributed by atoms with Gasteiger partial charge >= 0.3 is 0 Å². The lowest BCUT2D eigenvalue weighted by Gasteiger charge is -1.92. The van der Waals surface area contributed by atoms with Crippen molar-refractivity contribution in [3.8, 4) is 5.75 Å². The Morgan fingerprint density at radius 3 is 2.83 bits per heavy atom. The molecule has 0 atom stereocenters. The monoisotopic (exact) mass is 327 g/mol. The van der Waals surface area contributed by atoms with E-state index in [1.165, 1.54) is 28.2 Å². The molecule has 2 aromatic heterocycles. The van der Waals surface area contributed by atoms with Crippen molar-refractivity contribution in [2.24, 2.45) is 7.05 Å². The molecule has 0 bridgehead atoms. The van der Waals surface area contributed by atoms with E-state index < -0.39 is 0 Å². The Bertz CT molecular complexity index is 1030. The summed E-state index contributed by atoms with van der Waals surface area (Å²) in [6.07, 6.45) is 4.49. The Balaban J connectivity index is 2.09. The summed E-state index contributed by atoms with van der Waals surface area (Å²) in [5.74, 6) is 0.0621. The first-order valence-corrected chi connectivity index (χ1v) is 7.62. The summed E-state index contributed by atoms with van der Waals surface area (Å²) >= 11 is 1.21. The molecule has 5 nitrogen and oxygen atoms in total. The fraction of sp³-hybridized carbons (Fsp3) is 0.0588. The third-order valence-electron chi connectivity index (χ3n) is 3.25. The van der Waals surface area contributed by atoms with Crippen LogP contribution in [0, 0.1) is 0 Å². The van der Waals surface area contributed by atoms with Crippen LogP contribution >= 0.6 is 11.3 Å². The molecule has 3 rings (SSSR count). The smallest absolute Gasteiger partial charge is 0.268 e. The molecule has 2 heterocycles. The van der Waals surface area contributed by atoms with Gasteiger partial charge in [0.15, 0.2) is 5.76 Å². The summed E-state index contributed by atoms with van der Waals surface area (Å²) in [6.45, 7) is 0. The van der Waals surface area contributed by atoms with E-state index >= 15 is 0 Å². The molecule has 0 aliphatic rings. The molecule has 6 heteroatoms. The van der Waals surface area contributed by atoms with E-state index in [0.717, 1.165) is 0 Å². The lowest BCUT2D eigenvalue weighted by atomic mass is 10.2. The average molecular weight is 327 g/mol. The molecular formula is C17H13NO4S. The van der Waals surface area contributed by atoms with Crippen molar-refractivity contribution in [2.75, 3.05) is 0 Å². The minimum atomic E-state index is -0.296. The summed E-state index contributed by atoms with van der Waals surface area (Å²) in [4.78, 5) is 24.3. The topological polar surface area (TPSA) is 72.4 Å². The summed E-state index contributed by atoms with van der Waals surface area (Å²) in [7, 11) is 1.61. The number of carbonyl (C=O) groups excluding carboxylic acids is 1. The predicted molar refractivity (Wildman–Crippen MR) is 88.0 cm³/mol. The van der Waals surface area contributed by atoms with Gasteiger partial charge in [0, 0.05) is 13.1 Å². The molecule has 3 aromatic rings. The number of thiazole rings is 1. The van der Waals surface area contributed by atoms with Gasteiger partial charge < -0.3 is 14.1 Å². The van der Waals surface area contributed by atoms with E-state index in [1.54, 1.807) is 49.5 Å². The number of furan rings is 1. The SMILES string of the molecule is Cn1c(=O)/c(=C/c2cccc(O)c2)s/c1=C\C(=O)c1ccco1. The van der Waals surface area contributed by atoms with Crippen molar-refractivity contribution in [2.45, 2.75) is 0 Å². The Hall–Kier alpha value is -2.86. The first-order valence-electron chi connectivity index (χ1n) is 6.81. The molecule has 0 spiro atoms. The third kappa shape index (κ3) is 3.17. The molecule has 1 aromatic carbocycles. The largest absolute Gasteiger partial charge is 0.508 e. The molecule has 0 saturated heterocycles. The number of phenolic OH excluding ortho intramolecular Hbond substituents is 1. The maximum atomic E-state index is 12.3. The number of hydrogen-bond donors (Lipinski definition) is 1. The second-order valence-corrected chi connectivity index (χ2v) is 5.96. The van der Waals surface area contributed by atoms with Gasteiger partial charge in [-0.15, -0.1) is 11.3 Å². The molecule has 0 amide bonds. The van der Waals surface area contributed by atoms with Crippen LogP contribution in [0.3, 0.4) is 0 Å². The Kier molecular flexibility index (Phi) is 3.99. The van der Waals surface area contributed by atoms with E-state index in [0.29, 0.717) is 14.8 Å². The van der Waals surface area contributed by atoms with Crippen molar-refractivity contribution >= 4 is 29.3 Å². The van der Waals surface area contributed by atoms with Crippen molar-refractivity contribution in [1.29, 1.82) is 0 Å². The molecule has 0 saturated carbocycles. The van der Waals surface area contributed by atoms with Gasteiger partial charge in [-0.3, -0.25) is 9.59 Å². The fourth-order valence-electron chi connectivity index (χ4n) is 2.08. The van der Waals surface area contributed by atoms with E-state index in [-0.39, 0.29) is 22.9 Å². The molecule has 0 fully saturated rings. The molecule has 0 aliphatic heterocycles. The Morgan fingerprint density at radius 1 is 1.30 bits per heavy atom. The maximum Gasteiger partial charge on any atom is 0.268 e. The van der Waals surface area contributed by atoms with Crippen molar-refractivity contribution in [1.82, 2.24) is 4.57 Å². The zero-order valence-corrected chi connectivity index (χ0v) is 13.0. The average Bonchev–Trinajstić information content (AvgIpc) is 3.13. The number of aromatic hydroxyl groups is 1. The van der Waals surface area contributed by atoms with Crippen LogP contribution < -0.4 is 14.8 Å². The molecular weight excluding hydrogens is 314 g/mol. The number of Topliss-reactive ketones (excluding diaryl/α,β-unsaturated/α-hetero) is 1. The van der Waals surface area contributed by atoms with Crippen LogP contribution in [-0.2, 0) is 7.05 Å². The fourth-order valence-corrected chi connectivity index (χ4v) is 3.11. The highest BCUT2D eigenvalue weighted by Gasteiger charge is 2.07. The highest BCUT2D eigenvalue weighted by atomic mass is 32.1. The van der Waals surface area contributed by atoms with Crippen molar-refractivity contribution < 1.29 is 14.3 Å². The third-order valence-corrected chi connectivity index (χ3v) is 4.36. The van der Waals surface area contributed by atoms with Gasteiger partial charge in [-0.05, 0) is 35.9 Å². The number of aromatic nitrogens is 1. The number of benzene rings is 1. The van der Waals surface area contributed by atoms with Crippen LogP contribution in [0.4, 0.5) is 0 Å². The van der Waals surface area contributed by atoms with Crippen LogP contribution in [0.2, 0.25) is 0 Å². The quantitative estimate of drug-likeness (QED) is 0.735. The summed E-state index contributed by atoms with van der Waals surface area (Å²) in [6, 6.07) is 9.82. The van der Waals surface area contributed by atoms with E-state index in [1.807, 2.05) is 0 Å². The van der Waals surface area contributed by atoms with Gasteiger partial charge in [0.05, 0.1) is 10.8 Å². The molecule has 0 radical (unpaired) electrons. The lowest BCUT2D eigenvalue weighted by molar-refractivity contribution is 0.103. The molecule has 1 N–H and O–H groups in total. The van der Waals surface area contributed by atoms with Gasteiger partial charge in [-0.1, -0.05) is 12.1 Å². The van der Waals surface area contributed by atoms with Crippen LogP contribution in [0.15, 0.2) is 51.9 Å². The first-order chi connectivity index (χ1) is 11.0. The number of nitrogens with zero attached hydrogens (tertiary/aromatic N) is 1. The second kappa shape index (κ2) is 6.10. The zero-order valence-electron chi connectivity index (χ0n) is 12.2. The predicted octanol–water partition coefficient (Wildman–Crippen LogP) is 1.24. The Morgan fingerprint density at radius 2 is 2.13 bits per heavy atom. The van der Waals surface area contributed by atoms with Gasteiger partial charge in [0.25, 0.3) is 5.56 Å². The first kappa shape index (κ1) is 15.1. The number of phenols is 1. The van der Waals surface area contributed by atoms with Crippen LogP contribution in [-0.4, -0.2) is 15.5 Å². The summed E-state index contributed by atoms with van der Waals surface area (Å²) in [5.41, 5.74) is 0.518. The summed E-state index contributed by atoms with van der Waals surface area (Å²) < 4.78 is 7.48. The molecule has 23 heavy (non-hydrogen) atoms. The molecule has 0 unspecified atom stereocenters. The van der Waals surface area contributed by atoms with Crippen LogP contribution in [0.5, 0.6) is 5.75 Å². The van der Waals surface area contributed by atoms with Gasteiger partial charge in [-0.25, -0.2) is 0 Å². The lowest BCUT2D eigenvalue weighted by Crippen LogP contribution is -2.29. The number of ketones is 1. The highest BCUT2D eigenvalue weighted by Crippen LogP contribution is 2.10. The van der Waals surface area contributed by atoms with Crippen molar-refractivity contribution in [3.63, 3.8) is 0 Å². The van der Waals surface area contributed by atoms with Gasteiger partial charge in [-0.2, -0.15) is 0 Å². The minimum absolute atomic E-state index is 0.131. The normalized spacial score (nSPS) is 12.7. The van der Waals surface area contributed by atoms with Crippen molar-refractivity contribution in [3.05, 3.63) is 73.5 Å². The zero-order chi connectivity index (χ0) is 16.4. The van der Waals surface area contributed by atoms with Crippen LogP contribution in [0.1, 0.15) is 16.1 Å². The number of hydrogen-bond acceptors (Lipinski definition) is 5. The Labute approximate surface area is 135 Å². The number of rotatable bonds is 3. The minimum Gasteiger partial charge on any atom is -0.508 e. The number of carbonyl (C=O) groups is 1. The van der Waals surface area contributed by atoms with Gasteiger partial charge in [0.1, 0.15) is 10.4 Å². The van der Waals surface area contributed by atoms with E-state index in [2.05, 4.69) is 0 Å². The molecule has 0 aliphatic carbocycles. The highest BCUT2D eigenvalue weighted by molar-refractivity contribution is 7.07. The van der Waals surface area contributed by atoms with E-state index in [4.69, 9.17) is 4.42 Å². The van der Waals surface area contributed by atoms with Gasteiger partial charge in [0.2, 0.25) is 5.78 Å². The standard InChI is InChI=1S/C17H13NO4S/c1-18-16(10-13(20)14-6-3-7-22-14)23-15(17(18)21)9-11-4-2-5-12(19)8-11/h2-10,19H,1H3/b15-9-,16-10-. The summed E-state index contributed by atoms with van der Waals surface area (Å²) in [5, 5.41) is 9.48. The molecule has 116 valence electrons. The van der Waals surface area contributed by atoms with E-state index in [9.17, 15) is 14.7 Å². The second-order valence-electron chi connectivity index (χ2n) is 4.89.